The molecule has 3 nitrogen and oxygen atoms in total. The number of benzene rings is 1. The zero-order valence-electron chi connectivity index (χ0n) is 8.75. The van der Waals surface area contributed by atoms with Crippen molar-refractivity contribution in [1.82, 2.24) is 5.32 Å². The zero-order chi connectivity index (χ0) is 11.3. The van der Waals surface area contributed by atoms with Crippen molar-refractivity contribution in [2.75, 3.05) is 7.05 Å². The highest BCUT2D eigenvalue weighted by atomic mass is 79.9. The molecule has 0 spiro atoms. The molecule has 0 bridgehead atoms. The molecular formula is C11H13BrN2O. The number of rotatable bonds is 4. The third kappa shape index (κ3) is 3.22. The largest absolute Gasteiger partial charge is 0.474 e. The Morgan fingerprint density at radius 3 is 2.93 bits per heavy atom. The molecule has 0 fully saturated rings. The lowest BCUT2D eigenvalue weighted by Crippen LogP contribution is -2.13. The molecule has 0 aliphatic carbocycles. The van der Waals surface area contributed by atoms with Crippen LogP contribution in [0.1, 0.15) is 12.5 Å². The van der Waals surface area contributed by atoms with E-state index in [0.717, 1.165) is 15.8 Å². The molecule has 0 aliphatic heterocycles. The van der Waals surface area contributed by atoms with Gasteiger partial charge in [-0.1, -0.05) is 12.1 Å². The Morgan fingerprint density at radius 2 is 2.33 bits per heavy atom. The van der Waals surface area contributed by atoms with Crippen LogP contribution in [0.15, 0.2) is 22.7 Å². The molecule has 0 amide bonds. The van der Waals surface area contributed by atoms with Gasteiger partial charge in [-0.15, -0.1) is 0 Å². The molecule has 0 saturated carbocycles. The molecule has 1 N–H and O–H groups in total. The van der Waals surface area contributed by atoms with Gasteiger partial charge in [0.25, 0.3) is 0 Å². The molecule has 1 unspecified atom stereocenters. The quantitative estimate of drug-likeness (QED) is 0.913. The van der Waals surface area contributed by atoms with Crippen LogP contribution in [0.2, 0.25) is 0 Å². The van der Waals surface area contributed by atoms with E-state index in [2.05, 4.69) is 21.2 Å². The molecule has 1 aromatic rings. The number of nitrogens with one attached hydrogen (secondary N) is 1. The first-order valence-corrected chi connectivity index (χ1v) is 5.46. The summed E-state index contributed by atoms with van der Waals surface area (Å²) >= 11 is 3.41. The highest BCUT2D eigenvalue weighted by Crippen LogP contribution is 2.29. The Hall–Kier alpha value is -1.05. The van der Waals surface area contributed by atoms with Crippen LogP contribution in [0.25, 0.3) is 0 Å². The fraction of sp³-hybridized carbons (Fsp3) is 0.364. The lowest BCUT2D eigenvalue weighted by molar-refractivity contribution is 0.271. The molecule has 0 radical (unpaired) electrons. The van der Waals surface area contributed by atoms with Gasteiger partial charge in [0.15, 0.2) is 6.10 Å². The second-order valence-corrected chi connectivity index (χ2v) is 4.00. The molecule has 4 heteroatoms. The van der Waals surface area contributed by atoms with Gasteiger partial charge in [0.1, 0.15) is 11.8 Å². The number of hydrogen-bond donors (Lipinski definition) is 1. The Morgan fingerprint density at radius 1 is 1.60 bits per heavy atom. The lowest BCUT2D eigenvalue weighted by Gasteiger charge is -2.14. The summed E-state index contributed by atoms with van der Waals surface area (Å²) in [4.78, 5) is 0. The molecule has 0 saturated heterocycles. The minimum Gasteiger partial charge on any atom is -0.474 e. The standard InChI is InChI=1S/C11H13BrN2O/c1-8(6-13)15-11-9(7-14-2)4-3-5-10(11)12/h3-5,8,14H,7H2,1-2H3. The zero-order valence-corrected chi connectivity index (χ0v) is 10.3. The minimum absolute atomic E-state index is 0.445. The second kappa shape index (κ2) is 5.74. The van der Waals surface area contributed by atoms with E-state index in [1.54, 1.807) is 6.92 Å². The Bertz CT molecular complexity index is 373. The first-order chi connectivity index (χ1) is 7.19. The molecular weight excluding hydrogens is 256 g/mol. The first-order valence-electron chi connectivity index (χ1n) is 4.67. The maximum absolute atomic E-state index is 8.70. The van der Waals surface area contributed by atoms with Gasteiger partial charge in [-0.2, -0.15) is 5.26 Å². The minimum atomic E-state index is -0.445. The summed E-state index contributed by atoms with van der Waals surface area (Å²) < 4.78 is 6.40. The molecule has 0 aromatic heterocycles. The number of nitriles is 1. The summed E-state index contributed by atoms with van der Waals surface area (Å²) in [6.07, 6.45) is -0.445. The summed E-state index contributed by atoms with van der Waals surface area (Å²) in [5.41, 5.74) is 1.04. The SMILES string of the molecule is CNCc1cccc(Br)c1OC(C)C#N. The van der Waals surface area contributed by atoms with Crippen LogP contribution in [0, 0.1) is 11.3 Å². The molecule has 1 atom stereocenters. The van der Waals surface area contributed by atoms with E-state index >= 15 is 0 Å². The summed E-state index contributed by atoms with van der Waals surface area (Å²) in [6.45, 7) is 2.44. The van der Waals surface area contributed by atoms with Crippen molar-refractivity contribution in [3.8, 4) is 11.8 Å². The van der Waals surface area contributed by atoms with Crippen molar-refractivity contribution in [1.29, 1.82) is 5.26 Å². The Balaban J connectivity index is 2.97. The maximum atomic E-state index is 8.70. The summed E-state index contributed by atoms with van der Waals surface area (Å²) in [5.74, 6) is 0.737. The van der Waals surface area contributed by atoms with E-state index < -0.39 is 6.10 Å². The summed E-state index contributed by atoms with van der Waals surface area (Å²) in [5, 5.41) is 11.8. The van der Waals surface area contributed by atoms with Gasteiger partial charge in [-0.25, -0.2) is 0 Å². The van der Waals surface area contributed by atoms with Crippen LogP contribution < -0.4 is 10.1 Å². The van der Waals surface area contributed by atoms with E-state index in [-0.39, 0.29) is 0 Å². The molecule has 0 aliphatic rings. The van der Waals surface area contributed by atoms with E-state index in [4.69, 9.17) is 10.00 Å². The number of halogens is 1. The Kier molecular flexibility index (Phi) is 4.60. The molecule has 0 heterocycles. The fourth-order valence-electron chi connectivity index (χ4n) is 1.22. The van der Waals surface area contributed by atoms with Crippen LogP contribution in [0.4, 0.5) is 0 Å². The molecule has 15 heavy (non-hydrogen) atoms. The summed E-state index contributed by atoms with van der Waals surface area (Å²) in [7, 11) is 1.87. The van der Waals surface area contributed by atoms with Gasteiger partial charge < -0.3 is 10.1 Å². The maximum Gasteiger partial charge on any atom is 0.181 e. The molecule has 1 rings (SSSR count). The first kappa shape index (κ1) is 12.0. The van der Waals surface area contributed by atoms with Crippen LogP contribution >= 0.6 is 15.9 Å². The smallest absolute Gasteiger partial charge is 0.181 e. The van der Waals surface area contributed by atoms with Gasteiger partial charge in [0.2, 0.25) is 0 Å². The van der Waals surface area contributed by atoms with Crippen molar-refractivity contribution in [3.05, 3.63) is 28.2 Å². The number of para-hydroxylation sites is 1. The van der Waals surface area contributed by atoms with Crippen molar-refractivity contribution in [3.63, 3.8) is 0 Å². The lowest BCUT2D eigenvalue weighted by atomic mass is 10.2. The van der Waals surface area contributed by atoms with Gasteiger partial charge in [0.05, 0.1) is 4.47 Å². The van der Waals surface area contributed by atoms with Crippen molar-refractivity contribution < 1.29 is 4.74 Å². The van der Waals surface area contributed by atoms with Crippen LogP contribution in [-0.4, -0.2) is 13.2 Å². The molecule has 80 valence electrons. The average Bonchev–Trinajstić information content (AvgIpc) is 2.23. The normalized spacial score (nSPS) is 11.9. The van der Waals surface area contributed by atoms with E-state index in [9.17, 15) is 0 Å². The van der Waals surface area contributed by atoms with Gasteiger partial charge in [0, 0.05) is 12.1 Å². The van der Waals surface area contributed by atoms with E-state index in [1.807, 2.05) is 31.3 Å². The highest BCUT2D eigenvalue weighted by molar-refractivity contribution is 9.10. The fourth-order valence-corrected chi connectivity index (χ4v) is 1.72. The second-order valence-electron chi connectivity index (χ2n) is 3.15. The third-order valence-corrected chi connectivity index (χ3v) is 2.52. The predicted molar refractivity (Wildman–Crippen MR) is 62.6 cm³/mol. The monoisotopic (exact) mass is 268 g/mol. The number of ether oxygens (including phenoxy) is 1. The predicted octanol–water partition coefficient (Wildman–Crippen LogP) is 2.46. The van der Waals surface area contributed by atoms with Crippen LogP contribution in [-0.2, 0) is 6.54 Å². The van der Waals surface area contributed by atoms with Crippen molar-refractivity contribution in [2.45, 2.75) is 19.6 Å². The number of nitrogens with zero attached hydrogens (tertiary/aromatic N) is 1. The third-order valence-electron chi connectivity index (χ3n) is 1.89. The van der Waals surface area contributed by atoms with Crippen LogP contribution in [0.3, 0.4) is 0 Å². The van der Waals surface area contributed by atoms with E-state index in [1.165, 1.54) is 0 Å². The van der Waals surface area contributed by atoms with Crippen molar-refractivity contribution >= 4 is 15.9 Å². The van der Waals surface area contributed by atoms with Crippen molar-refractivity contribution in [2.24, 2.45) is 0 Å². The summed E-state index contributed by atoms with van der Waals surface area (Å²) in [6, 6.07) is 7.87. The Labute approximate surface area is 98.2 Å². The van der Waals surface area contributed by atoms with Gasteiger partial charge in [-0.3, -0.25) is 0 Å². The van der Waals surface area contributed by atoms with E-state index in [0.29, 0.717) is 6.54 Å². The van der Waals surface area contributed by atoms with Gasteiger partial charge in [-0.05, 0) is 36.0 Å². The van der Waals surface area contributed by atoms with Gasteiger partial charge >= 0.3 is 0 Å². The molecule has 1 aromatic carbocycles. The average molecular weight is 269 g/mol. The number of hydrogen-bond acceptors (Lipinski definition) is 3. The highest BCUT2D eigenvalue weighted by Gasteiger charge is 2.10. The van der Waals surface area contributed by atoms with Crippen LogP contribution in [0.5, 0.6) is 5.75 Å². The topological polar surface area (TPSA) is 45.0 Å².